The number of rotatable bonds is 5. The smallest absolute Gasteiger partial charge is 0.339 e. The van der Waals surface area contributed by atoms with Crippen LogP contribution in [0.3, 0.4) is 0 Å². The summed E-state index contributed by atoms with van der Waals surface area (Å²) in [6.45, 7) is 3.78. The summed E-state index contributed by atoms with van der Waals surface area (Å²) in [5, 5.41) is 2.55. The molecule has 1 aromatic carbocycles. The van der Waals surface area contributed by atoms with Gasteiger partial charge in [0.05, 0.1) is 16.0 Å². The van der Waals surface area contributed by atoms with Crippen molar-refractivity contribution in [2.24, 2.45) is 0 Å². The standard InChI is InChI=1S/C19H17NO3S/c1-12(2)16-10-14(13-6-3-4-7-15(13)20-16)19(22)23-11-17(21)18-8-5-9-24-18/h3-10,12H,11H2,1-2H3. The lowest BCUT2D eigenvalue weighted by atomic mass is 10.0. The third kappa shape index (κ3) is 3.36. The van der Waals surface area contributed by atoms with Crippen LogP contribution in [0.25, 0.3) is 10.9 Å². The summed E-state index contributed by atoms with van der Waals surface area (Å²) >= 11 is 1.34. The quantitative estimate of drug-likeness (QED) is 0.509. The second-order valence-electron chi connectivity index (χ2n) is 5.74. The van der Waals surface area contributed by atoms with Gasteiger partial charge >= 0.3 is 5.97 Å². The van der Waals surface area contributed by atoms with Crippen molar-refractivity contribution < 1.29 is 14.3 Å². The molecule has 0 aliphatic rings. The predicted molar refractivity (Wildman–Crippen MR) is 94.8 cm³/mol. The molecule has 0 radical (unpaired) electrons. The molecule has 0 saturated heterocycles. The molecular formula is C19H17NO3S. The average Bonchev–Trinajstić information content (AvgIpc) is 3.13. The van der Waals surface area contributed by atoms with Crippen molar-refractivity contribution in [3.63, 3.8) is 0 Å². The summed E-state index contributed by atoms with van der Waals surface area (Å²) in [4.78, 5) is 29.7. The Labute approximate surface area is 144 Å². The molecule has 24 heavy (non-hydrogen) atoms. The van der Waals surface area contributed by atoms with Gasteiger partial charge < -0.3 is 4.74 Å². The van der Waals surface area contributed by atoms with E-state index in [4.69, 9.17) is 4.74 Å². The highest BCUT2D eigenvalue weighted by Gasteiger charge is 2.17. The first-order valence-corrected chi connectivity index (χ1v) is 8.57. The predicted octanol–water partition coefficient (Wildman–Crippen LogP) is 4.46. The fourth-order valence-corrected chi connectivity index (χ4v) is 3.03. The molecule has 0 bridgehead atoms. The molecule has 0 amide bonds. The average molecular weight is 339 g/mol. The Kier molecular flexibility index (Phi) is 4.71. The molecule has 0 atom stereocenters. The Morgan fingerprint density at radius 1 is 1.17 bits per heavy atom. The Balaban J connectivity index is 1.87. The van der Waals surface area contributed by atoms with Gasteiger partial charge in [-0.2, -0.15) is 0 Å². The Morgan fingerprint density at radius 2 is 1.96 bits per heavy atom. The number of Topliss-reactive ketones (excluding diaryl/α,β-unsaturated/α-hetero) is 1. The van der Waals surface area contributed by atoms with E-state index in [1.54, 1.807) is 18.2 Å². The maximum Gasteiger partial charge on any atom is 0.339 e. The summed E-state index contributed by atoms with van der Waals surface area (Å²) < 4.78 is 5.25. The lowest BCUT2D eigenvalue weighted by Gasteiger charge is -2.11. The van der Waals surface area contributed by atoms with Crippen LogP contribution < -0.4 is 0 Å². The highest BCUT2D eigenvalue weighted by molar-refractivity contribution is 7.12. The number of pyridine rings is 1. The number of ether oxygens (including phenoxy) is 1. The van der Waals surface area contributed by atoms with Crippen molar-refractivity contribution >= 4 is 34.0 Å². The van der Waals surface area contributed by atoms with Crippen molar-refractivity contribution in [3.8, 4) is 0 Å². The van der Waals surface area contributed by atoms with Gasteiger partial charge in [-0.3, -0.25) is 9.78 Å². The van der Waals surface area contributed by atoms with Crippen molar-refractivity contribution in [1.29, 1.82) is 0 Å². The highest BCUT2D eigenvalue weighted by atomic mass is 32.1. The number of hydrogen-bond acceptors (Lipinski definition) is 5. The summed E-state index contributed by atoms with van der Waals surface area (Å²) in [6, 6.07) is 12.7. The zero-order valence-corrected chi connectivity index (χ0v) is 14.3. The van der Waals surface area contributed by atoms with Gasteiger partial charge in [0.25, 0.3) is 0 Å². The van der Waals surface area contributed by atoms with E-state index in [1.165, 1.54) is 11.3 Å². The Hall–Kier alpha value is -2.53. The van der Waals surface area contributed by atoms with Crippen molar-refractivity contribution in [1.82, 2.24) is 4.98 Å². The molecule has 0 aliphatic heterocycles. The van der Waals surface area contributed by atoms with E-state index in [-0.39, 0.29) is 18.3 Å². The van der Waals surface area contributed by atoms with E-state index in [2.05, 4.69) is 4.98 Å². The number of fused-ring (bicyclic) bond motifs is 1. The zero-order valence-electron chi connectivity index (χ0n) is 13.5. The molecule has 2 aromatic heterocycles. The minimum Gasteiger partial charge on any atom is -0.454 e. The number of carbonyl (C=O) groups excluding carboxylic acids is 2. The largest absolute Gasteiger partial charge is 0.454 e. The second kappa shape index (κ2) is 6.93. The van der Waals surface area contributed by atoms with E-state index in [0.717, 1.165) is 16.6 Å². The molecule has 0 aliphatic carbocycles. The molecule has 3 aromatic rings. The van der Waals surface area contributed by atoms with E-state index in [9.17, 15) is 9.59 Å². The molecule has 4 nitrogen and oxygen atoms in total. The topological polar surface area (TPSA) is 56.3 Å². The van der Waals surface area contributed by atoms with Gasteiger partial charge in [-0.05, 0) is 29.5 Å². The van der Waals surface area contributed by atoms with Gasteiger partial charge in [-0.1, -0.05) is 38.1 Å². The normalized spacial score (nSPS) is 11.0. The first kappa shape index (κ1) is 16.3. The molecule has 0 fully saturated rings. The highest BCUT2D eigenvalue weighted by Crippen LogP contribution is 2.23. The maximum absolute atomic E-state index is 12.5. The lowest BCUT2D eigenvalue weighted by Crippen LogP contribution is -2.14. The van der Waals surface area contributed by atoms with Crippen LogP contribution in [0.15, 0.2) is 47.8 Å². The number of para-hydroxylation sites is 1. The van der Waals surface area contributed by atoms with Crippen molar-refractivity contribution in [2.75, 3.05) is 6.61 Å². The zero-order chi connectivity index (χ0) is 17.1. The first-order valence-electron chi connectivity index (χ1n) is 7.70. The number of carbonyl (C=O) groups is 2. The van der Waals surface area contributed by atoms with Crippen LogP contribution in [0.5, 0.6) is 0 Å². The van der Waals surface area contributed by atoms with E-state index < -0.39 is 5.97 Å². The number of aromatic nitrogens is 1. The Morgan fingerprint density at radius 3 is 2.67 bits per heavy atom. The minimum atomic E-state index is -0.500. The number of hydrogen-bond donors (Lipinski definition) is 0. The van der Waals surface area contributed by atoms with Crippen LogP contribution in [0.4, 0.5) is 0 Å². The van der Waals surface area contributed by atoms with Crippen LogP contribution in [0, 0.1) is 0 Å². The van der Waals surface area contributed by atoms with Gasteiger partial charge in [0.2, 0.25) is 5.78 Å². The van der Waals surface area contributed by atoms with Crippen LogP contribution in [0.2, 0.25) is 0 Å². The van der Waals surface area contributed by atoms with Gasteiger partial charge in [0, 0.05) is 11.1 Å². The second-order valence-corrected chi connectivity index (χ2v) is 6.69. The first-order chi connectivity index (χ1) is 11.6. The SMILES string of the molecule is CC(C)c1cc(C(=O)OCC(=O)c2cccs2)c2ccccc2n1. The van der Waals surface area contributed by atoms with E-state index in [1.807, 2.05) is 43.5 Å². The molecule has 3 rings (SSSR count). The van der Waals surface area contributed by atoms with Crippen molar-refractivity contribution in [2.45, 2.75) is 19.8 Å². The molecule has 122 valence electrons. The van der Waals surface area contributed by atoms with E-state index in [0.29, 0.717) is 10.4 Å². The lowest BCUT2D eigenvalue weighted by molar-refractivity contribution is 0.0477. The monoisotopic (exact) mass is 339 g/mol. The number of nitrogens with zero attached hydrogens (tertiary/aromatic N) is 1. The van der Waals surface area contributed by atoms with Gasteiger partial charge in [0.15, 0.2) is 6.61 Å². The minimum absolute atomic E-state index is 0.189. The molecule has 0 spiro atoms. The summed E-state index contributed by atoms with van der Waals surface area (Å²) in [5.41, 5.74) is 2.02. The third-order valence-electron chi connectivity index (χ3n) is 3.68. The molecule has 0 N–H and O–H groups in total. The molecule has 2 heterocycles. The molecular weight excluding hydrogens is 322 g/mol. The van der Waals surface area contributed by atoms with Crippen LogP contribution in [0.1, 0.15) is 45.5 Å². The van der Waals surface area contributed by atoms with Gasteiger partial charge in [0.1, 0.15) is 0 Å². The third-order valence-corrected chi connectivity index (χ3v) is 4.59. The number of ketones is 1. The maximum atomic E-state index is 12.5. The summed E-state index contributed by atoms with van der Waals surface area (Å²) in [5.74, 6) is -0.505. The molecule has 0 unspecified atom stereocenters. The summed E-state index contributed by atoms with van der Waals surface area (Å²) in [6.07, 6.45) is 0. The van der Waals surface area contributed by atoms with Gasteiger partial charge in [-0.15, -0.1) is 11.3 Å². The number of thiophene rings is 1. The van der Waals surface area contributed by atoms with Crippen LogP contribution >= 0.6 is 11.3 Å². The van der Waals surface area contributed by atoms with Gasteiger partial charge in [-0.25, -0.2) is 4.79 Å². The summed E-state index contributed by atoms with van der Waals surface area (Å²) in [7, 11) is 0. The van der Waals surface area contributed by atoms with E-state index >= 15 is 0 Å². The number of benzene rings is 1. The fourth-order valence-electron chi connectivity index (χ4n) is 2.38. The van der Waals surface area contributed by atoms with Crippen LogP contribution in [-0.4, -0.2) is 23.3 Å². The van der Waals surface area contributed by atoms with Crippen LogP contribution in [-0.2, 0) is 4.74 Å². The fraction of sp³-hybridized carbons (Fsp3) is 0.211. The molecule has 0 saturated carbocycles. The molecule has 5 heteroatoms. The van der Waals surface area contributed by atoms with Crippen molar-refractivity contribution in [3.05, 3.63) is 64.0 Å². The number of esters is 1. The Bertz CT molecular complexity index is 885.